The summed E-state index contributed by atoms with van der Waals surface area (Å²) in [7, 11) is 0. The average molecular weight is 307 g/mol. The molecule has 0 aliphatic carbocycles. The van der Waals surface area contributed by atoms with E-state index < -0.39 is 0 Å². The first-order valence-electron chi connectivity index (χ1n) is 5.48. The Morgan fingerprint density at radius 2 is 2.30 bits per heavy atom. The van der Waals surface area contributed by atoms with Crippen molar-refractivity contribution in [2.45, 2.75) is 0 Å². The molecule has 0 atom stereocenters. The first-order valence-corrected chi connectivity index (χ1v) is 6.73. The maximum absolute atomic E-state index is 12.3. The Balaban J connectivity index is 1.98. The maximum Gasteiger partial charge on any atom is 0.259 e. The highest BCUT2D eigenvalue weighted by molar-refractivity contribution is 7.13. The third kappa shape index (κ3) is 2.51. The third-order valence-electron chi connectivity index (χ3n) is 2.45. The number of hydrogen-bond donors (Lipinski definition) is 1. The Kier molecular flexibility index (Phi) is 3.40. The number of tetrazole rings is 1. The molecule has 1 aromatic carbocycles. The van der Waals surface area contributed by atoms with Crippen LogP contribution >= 0.6 is 22.9 Å². The predicted octanol–water partition coefficient (Wildman–Crippen LogP) is 2.02. The fourth-order valence-electron chi connectivity index (χ4n) is 1.61. The van der Waals surface area contributed by atoms with E-state index in [9.17, 15) is 4.79 Å². The van der Waals surface area contributed by atoms with Crippen LogP contribution in [0.25, 0.3) is 5.69 Å². The molecule has 1 amide bonds. The monoisotopic (exact) mass is 306 g/mol. The molecule has 20 heavy (non-hydrogen) atoms. The lowest BCUT2D eigenvalue weighted by molar-refractivity contribution is 0.102. The molecule has 0 aliphatic heterocycles. The molecule has 2 heterocycles. The van der Waals surface area contributed by atoms with Crippen LogP contribution in [0.2, 0.25) is 5.02 Å². The van der Waals surface area contributed by atoms with Crippen LogP contribution in [0, 0.1) is 0 Å². The topological polar surface area (TPSA) is 85.6 Å². The summed E-state index contributed by atoms with van der Waals surface area (Å²) >= 11 is 7.29. The summed E-state index contributed by atoms with van der Waals surface area (Å²) in [6.45, 7) is 0. The Morgan fingerprint density at radius 3 is 3.00 bits per heavy atom. The fraction of sp³-hybridized carbons (Fsp3) is 0. The van der Waals surface area contributed by atoms with Crippen LogP contribution in [0.4, 0.5) is 5.13 Å². The summed E-state index contributed by atoms with van der Waals surface area (Å²) in [5, 5.41) is 16.4. The van der Waals surface area contributed by atoms with Crippen molar-refractivity contribution in [1.29, 1.82) is 0 Å². The number of nitrogens with zero attached hydrogens (tertiary/aromatic N) is 5. The molecular formula is C11H7ClN6OS. The van der Waals surface area contributed by atoms with E-state index in [0.29, 0.717) is 21.4 Å². The zero-order valence-electron chi connectivity index (χ0n) is 9.89. The smallest absolute Gasteiger partial charge is 0.259 e. The van der Waals surface area contributed by atoms with Crippen molar-refractivity contribution in [1.82, 2.24) is 25.2 Å². The molecule has 0 saturated heterocycles. The van der Waals surface area contributed by atoms with Gasteiger partial charge in [0, 0.05) is 16.6 Å². The Labute approximate surface area is 122 Å². The van der Waals surface area contributed by atoms with Crippen molar-refractivity contribution in [3.05, 3.63) is 46.7 Å². The number of nitrogens with one attached hydrogen (secondary N) is 1. The molecule has 0 bridgehead atoms. The lowest BCUT2D eigenvalue weighted by atomic mass is 10.1. The molecule has 3 aromatic rings. The number of benzene rings is 1. The quantitative estimate of drug-likeness (QED) is 0.800. The first kappa shape index (κ1) is 12.7. The minimum absolute atomic E-state index is 0.304. The second kappa shape index (κ2) is 5.35. The number of amides is 1. The van der Waals surface area contributed by atoms with Crippen LogP contribution < -0.4 is 5.32 Å². The van der Waals surface area contributed by atoms with Crippen molar-refractivity contribution in [3.63, 3.8) is 0 Å². The number of anilines is 1. The zero-order chi connectivity index (χ0) is 13.9. The van der Waals surface area contributed by atoms with Crippen molar-refractivity contribution >= 4 is 34.0 Å². The molecule has 100 valence electrons. The molecule has 9 heteroatoms. The van der Waals surface area contributed by atoms with Crippen LogP contribution in [0.3, 0.4) is 0 Å². The van der Waals surface area contributed by atoms with Gasteiger partial charge in [-0.15, -0.1) is 16.4 Å². The number of aromatic nitrogens is 5. The lowest BCUT2D eigenvalue weighted by Crippen LogP contribution is -2.15. The summed E-state index contributed by atoms with van der Waals surface area (Å²) in [4.78, 5) is 16.3. The van der Waals surface area contributed by atoms with Gasteiger partial charge in [-0.25, -0.2) is 4.98 Å². The van der Waals surface area contributed by atoms with E-state index in [0.717, 1.165) is 0 Å². The van der Waals surface area contributed by atoms with Gasteiger partial charge in [0.15, 0.2) is 5.13 Å². The van der Waals surface area contributed by atoms with E-state index >= 15 is 0 Å². The standard InChI is InChI=1S/C11H7ClN6OS/c12-7-1-2-8(9(5-7)18-6-14-16-17-18)10(19)15-11-13-3-4-20-11/h1-6H,(H,13,15,19). The lowest BCUT2D eigenvalue weighted by Gasteiger charge is -2.08. The minimum Gasteiger partial charge on any atom is -0.298 e. The second-order valence-corrected chi connectivity index (χ2v) is 5.04. The fourth-order valence-corrected chi connectivity index (χ4v) is 2.30. The number of thiazole rings is 1. The normalized spacial score (nSPS) is 10.4. The van der Waals surface area contributed by atoms with Gasteiger partial charge in [-0.2, -0.15) is 4.68 Å². The summed E-state index contributed by atoms with van der Waals surface area (Å²) in [6, 6.07) is 4.86. The highest BCUT2D eigenvalue weighted by Crippen LogP contribution is 2.21. The summed E-state index contributed by atoms with van der Waals surface area (Å²) in [6.07, 6.45) is 3.01. The van der Waals surface area contributed by atoms with Crippen molar-refractivity contribution in [3.8, 4) is 5.69 Å². The van der Waals surface area contributed by atoms with Gasteiger partial charge in [-0.3, -0.25) is 10.1 Å². The number of carbonyl (C=O) groups is 1. The summed E-state index contributed by atoms with van der Waals surface area (Å²) < 4.78 is 1.38. The van der Waals surface area contributed by atoms with Gasteiger partial charge < -0.3 is 0 Å². The van der Waals surface area contributed by atoms with E-state index in [-0.39, 0.29) is 5.91 Å². The van der Waals surface area contributed by atoms with Gasteiger partial charge >= 0.3 is 0 Å². The highest BCUT2D eigenvalue weighted by atomic mass is 35.5. The van der Waals surface area contributed by atoms with E-state index in [4.69, 9.17) is 11.6 Å². The Morgan fingerprint density at radius 1 is 1.40 bits per heavy atom. The van der Waals surface area contributed by atoms with E-state index in [2.05, 4.69) is 25.8 Å². The molecule has 0 saturated carbocycles. The number of rotatable bonds is 3. The molecule has 0 radical (unpaired) electrons. The Hall–Kier alpha value is -2.32. The molecule has 1 N–H and O–H groups in total. The van der Waals surface area contributed by atoms with Gasteiger partial charge in [0.2, 0.25) is 0 Å². The van der Waals surface area contributed by atoms with E-state index in [1.165, 1.54) is 22.3 Å². The number of carbonyl (C=O) groups excluding carboxylic acids is 1. The molecule has 2 aromatic heterocycles. The maximum atomic E-state index is 12.3. The van der Waals surface area contributed by atoms with E-state index in [1.54, 1.807) is 29.8 Å². The van der Waals surface area contributed by atoms with E-state index in [1.807, 2.05) is 0 Å². The molecule has 0 spiro atoms. The van der Waals surface area contributed by atoms with Crippen LogP contribution in [-0.4, -0.2) is 31.1 Å². The molecule has 0 fully saturated rings. The third-order valence-corrected chi connectivity index (χ3v) is 3.38. The average Bonchev–Trinajstić information content (AvgIpc) is 3.11. The van der Waals surface area contributed by atoms with Crippen molar-refractivity contribution in [2.24, 2.45) is 0 Å². The predicted molar refractivity (Wildman–Crippen MR) is 74.2 cm³/mol. The molecular weight excluding hydrogens is 300 g/mol. The summed E-state index contributed by atoms with van der Waals surface area (Å²) in [5.74, 6) is -0.304. The van der Waals surface area contributed by atoms with Gasteiger partial charge in [-0.1, -0.05) is 11.6 Å². The second-order valence-electron chi connectivity index (χ2n) is 3.71. The number of halogens is 1. The Bertz CT molecular complexity index is 727. The molecule has 7 nitrogen and oxygen atoms in total. The number of hydrogen-bond acceptors (Lipinski definition) is 6. The first-order chi connectivity index (χ1) is 9.74. The molecule has 0 unspecified atom stereocenters. The van der Waals surface area contributed by atoms with Gasteiger partial charge in [0.1, 0.15) is 6.33 Å². The zero-order valence-corrected chi connectivity index (χ0v) is 11.5. The van der Waals surface area contributed by atoms with Crippen LogP contribution in [0.5, 0.6) is 0 Å². The minimum atomic E-state index is -0.304. The summed E-state index contributed by atoms with van der Waals surface area (Å²) in [5.41, 5.74) is 0.897. The highest BCUT2D eigenvalue weighted by Gasteiger charge is 2.15. The van der Waals surface area contributed by atoms with Gasteiger partial charge in [0.25, 0.3) is 5.91 Å². The van der Waals surface area contributed by atoms with Crippen molar-refractivity contribution in [2.75, 3.05) is 5.32 Å². The molecule has 3 rings (SSSR count). The van der Waals surface area contributed by atoms with Gasteiger partial charge in [-0.05, 0) is 28.6 Å². The van der Waals surface area contributed by atoms with Gasteiger partial charge in [0.05, 0.1) is 11.3 Å². The van der Waals surface area contributed by atoms with Crippen molar-refractivity contribution < 1.29 is 4.79 Å². The van der Waals surface area contributed by atoms with Crippen LogP contribution in [0.1, 0.15) is 10.4 Å². The van der Waals surface area contributed by atoms with Crippen LogP contribution in [-0.2, 0) is 0 Å². The largest absolute Gasteiger partial charge is 0.298 e. The molecule has 0 aliphatic rings. The SMILES string of the molecule is O=C(Nc1nccs1)c1ccc(Cl)cc1-n1cnnn1. The van der Waals surface area contributed by atoms with Crippen LogP contribution in [0.15, 0.2) is 36.1 Å².